The number of hydrogen-bond acceptors (Lipinski definition) is 3. The zero-order valence-electron chi connectivity index (χ0n) is 19.7. The van der Waals surface area contributed by atoms with Crippen molar-refractivity contribution in [1.82, 2.24) is 10.0 Å². The van der Waals surface area contributed by atoms with Crippen LogP contribution < -0.4 is 0 Å². The maximum absolute atomic E-state index is 12.0. The number of rotatable bonds is 9. The summed E-state index contributed by atoms with van der Waals surface area (Å²) in [4.78, 5) is 12.0. The molecule has 1 saturated heterocycles. The van der Waals surface area contributed by atoms with Crippen LogP contribution in [0.4, 0.5) is 0 Å². The number of piperidine rings is 1. The minimum atomic E-state index is -0.880. The van der Waals surface area contributed by atoms with Gasteiger partial charge in [0.15, 0.2) is 0 Å². The first-order valence-electron chi connectivity index (χ1n) is 12.0. The third kappa shape index (κ3) is 5.35. The van der Waals surface area contributed by atoms with E-state index in [2.05, 4.69) is 60.5 Å². The van der Waals surface area contributed by atoms with E-state index in [1.54, 1.807) is 5.01 Å². The maximum Gasteiger partial charge on any atom is 0.224 e. The standard InChI is InChI=1S/C29H33ClN2O2/c1-28(24-9-4-2-5-10-24,25-11-6-3-7-12-25)17-8-20-32(23-33)31-21-18-29(34,19-22-31)26-13-15-27(30)16-14-26/h2-7,9-16,23,34H,8,17-22H2,1H3. The van der Waals surface area contributed by atoms with Gasteiger partial charge in [0.25, 0.3) is 0 Å². The molecule has 1 heterocycles. The Bertz CT molecular complexity index is 1010. The molecule has 5 heteroatoms. The summed E-state index contributed by atoms with van der Waals surface area (Å²) in [7, 11) is 0. The van der Waals surface area contributed by atoms with Crippen molar-refractivity contribution >= 4 is 18.0 Å². The van der Waals surface area contributed by atoms with Gasteiger partial charge in [-0.1, -0.05) is 91.3 Å². The van der Waals surface area contributed by atoms with Crippen molar-refractivity contribution in [2.75, 3.05) is 19.6 Å². The minimum Gasteiger partial charge on any atom is -0.385 e. The lowest BCUT2D eigenvalue weighted by Gasteiger charge is -2.42. The van der Waals surface area contributed by atoms with Crippen molar-refractivity contribution in [1.29, 1.82) is 0 Å². The lowest BCUT2D eigenvalue weighted by atomic mass is 9.73. The van der Waals surface area contributed by atoms with E-state index in [9.17, 15) is 9.90 Å². The molecule has 4 rings (SSSR count). The van der Waals surface area contributed by atoms with Gasteiger partial charge in [0.2, 0.25) is 6.41 Å². The highest BCUT2D eigenvalue weighted by atomic mass is 35.5. The van der Waals surface area contributed by atoms with E-state index in [-0.39, 0.29) is 5.41 Å². The van der Waals surface area contributed by atoms with E-state index >= 15 is 0 Å². The Morgan fingerprint density at radius 2 is 1.47 bits per heavy atom. The smallest absolute Gasteiger partial charge is 0.224 e. The number of nitrogens with zero attached hydrogens (tertiary/aromatic N) is 2. The number of carbonyl (C=O) groups excluding carboxylic acids is 1. The van der Waals surface area contributed by atoms with Crippen molar-refractivity contribution in [3.05, 3.63) is 107 Å². The van der Waals surface area contributed by atoms with Crippen LogP contribution in [0.2, 0.25) is 5.02 Å². The number of benzene rings is 3. The predicted octanol–water partition coefficient (Wildman–Crippen LogP) is 5.78. The molecule has 0 bridgehead atoms. The van der Waals surface area contributed by atoms with Crippen molar-refractivity contribution in [3.8, 4) is 0 Å². The molecule has 0 unspecified atom stereocenters. The Kier molecular flexibility index (Phi) is 7.72. The second-order valence-electron chi connectivity index (χ2n) is 9.43. The number of carbonyl (C=O) groups is 1. The normalized spacial score (nSPS) is 16.2. The zero-order chi connectivity index (χ0) is 24.0. The van der Waals surface area contributed by atoms with Crippen LogP contribution in [0.1, 0.15) is 49.3 Å². The molecule has 4 nitrogen and oxygen atoms in total. The Hall–Kier alpha value is -2.66. The van der Waals surface area contributed by atoms with E-state index in [1.165, 1.54) is 11.1 Å². The molecule has 1 aliphatic rings. The van der Waals surface area contributed by atoms with Crippen LogP contribution >= 0.6 is 11.6 Å². The highest BCUT2D eigenvalue weighted by Gasteiger charge is 2.36. The molecule has 178 valence electrons. The molecule has 0 spiro atoms. The molecule has 1 aliphatic heterocycles. The Morgan fingerprint density at radius 3 is 1.97 bits per heavy atom. The Labute approximate surface area is 207 Å². The van der Waals surface area contributed by atoms with Gasteiger partial charge in [-0.2, -0.15) is 0 Å². The summed E-state index contributed by atoms with van der Waals surface area (Å²) >= 11 is 6.00. The first-order chi connectivity index (χ1) is 16.4. The average molecular weight is 477 g/mol. The molecule has 0 aliphatic carbocycles. The lowest BCUT2D eigenvalue weighted by Crippen LogP contribution is -2.50. The molecular weight excluding hydrogens is 444 g/mol. The van der Waals surface area contributed by atoms with Gasteiger partial charge in [0.1, 0.15) is 0 Å². The maximum atomic E-state index is 12.0. The quantitative estimate of drug-likeness (QED) is 0.398. The summed E-state index contributed by atoms with van der Waals surface area (Å²) < 4.78 is 0. The van der Waals surface area contributed by atoms with E-state index < -0.39 is 5.60 Å². The summed E-state index contributed by atoms with van der Waals surface area (Å²) in [5, 5.41) is 15.7. The Balaban J connectivity index is 1.39. The number of halogens is 1. The fourth-order valence-corrected chi connectivity index (χ4v) is 5.22. The van der Waals surface area contributed by atoms with Crippen molar-refractivity contribution in [2.24, 2.45) is 0 Å². The first kappa shape index (κ1) is 24.5. The van der Waals surface area contributed by atoms with Crippen molar-refractivity contribution < 1.29 is 9.90 Å². The van der Waals surface area contributed by atoms with Crippen LogP contribution in [0.5, 0.6) is 0 Å². The summed E-state index contributed by atoms with van der Waals surface area (Å²) in [5.74, 6) is 0. The van der Waals surface area contributed by atoms with Crippen LogP contribution in [0, 0.1) is 0 Å². The third-order valence-electron chi connectivity index (χ3n) is 7.32. The van der Waals surface area contributed by atoms with Gasteiger partial charge in [-0.05, 0) is 54.5 Å². The van der Waals surface area contributed by atoms with E-state index in [0.717, 1.165) is 24.8 Å². The second kappa shape index (κ2) is 10.7. The molecule has 0 aromatic heterocycles. The van der Waals surface area contributed by atoms with Crippen LogP contribution in [0.25, 0.3) is 0 Å². The number of amides is 1. The largest absolute Gasteiger partial charge is 0.385 e. The zero-order valence-corrected chi connectivity index (χ0v) is 20.5. The van der Waals surface area contributed by atoms with E-state index in [0.29, 0.717) is 37.5 Å². The minimum absolute atomic E-state index is 0.131. The molecule has 1 fully saturated rings. The fraction of sp³-hybridized carbons (Fsp3) is 0.345. The van der Waals surface area contributed by atoms with Gasteiger partial charge in [0.05, 0.1) is 5.60 Å². The SMILES string of the molecule is CC(CCCN(C=O)N1CCC(O)(c2ccc(Cl)cc2)CC1)(c1ccccc1)c1ccccc1. The molecule has 0 radical (unpaired) electrons. The topological polar surface area (TPSA) is 43.8 Å². The molecule has 3 aromatic carbocycles. The number of hydrogen-bond donors (Lipinski definition) is 1. The number of hydrazine groups is 1. The molecule has 3 aromatic rings. The van der Waals surface area contributed by atoms with Crippen molar-refractivity contribution in [3.63, 3.8) is 0 Å². The predicted molar refractivity (Wildman–Crippen MR) is 137 cm³/mol. The average Bonchev–Trinajstić information content (AvgIpc) is 2.88. The molecule has 34 heavy (non-hydrogen) atoms. The third-order valence-corrected chi connectivity index (χ3v) is 7.57. The van der Waals surface area contributed by atoms with E-state index in [1.807, 2.05) is 36.4 Å². The summed E-state index contributed by atoms with van der Waals surface area (Å²) in [5.41, 5.74) is 2.44. The molecule has 1 amide bonds. The molecule has 0 saturated carbocycles. The van der Waals surface area contributed by atoms with Gasteiger partial charge in [0, 0.05) is 30.1 Å². The molecular formula is C29H33ClN2O2. The van der Waals surface area contributed by atoms with Crippen LogP contribution in [-0.4, -0.2) is 41.2 Å². The summed E-state index contributed by atoms with van der Waals surface area (Å²) in [6, 6.07) is 28.6. The van der Waals surface area contributed by atoms with Gasteiger partial charge in [-0.25, -0.2) is 5.01 Å². The van der Waals surface area contributed by atoms with E-state index in [4.69, 9.17) is 11.6 Å². The van der Waals surface area contributed by atoms with Crippen LogP contribution in [-0.2, 0) is 15.8 Å². The van der Waals surface area contributed by atoms with Crippen LogP contribution in [0.15, 0.2) is 84.9 Å². The summed E-state index contributed by atoms with van der Waals surface area (Å²) in [6.07, 6.45) is 3.87. The monoisotopic (exact) mass is 476 g/mol. The summed E-state index contributed by atoms with van der Waals surface area (Å²) in [6.45, 7) is 4.20. The Morgan fingerprint density at radius 1 is 0.941 bits per heavy atom. The highest BCUT2D eigenvalue weighted by molar-refractivity contribution is 6.30. The van der Waals surface area contributed by atoms with Gasteiger partial charge < -0.3 is 5.11 Å². The van der Waals surface area contributed by atoms with Gasteiger partial charge >= 0.3 is 0 Å². The number of aliphatic hydroxyl groups is 1. The highest BCUT2D eigenvalue weighted by Crippen LogP contribution is 2.37. The van der Waals surface area contributed by atoms with Crippen LogP contribution in [0.3, 0.4) is 0 Å². The second-order valence-corrected chi connectivity index (χ2v) is 9.86. The van der Waals surface area contributed by atoms with Gasteiger partial charge in [-0.15, -0.1) is 0 Å². The fourth-order valence-electron chi connectivity index (χ4n) is 5.09. The van der Waals surface area contributed by atoms with Crippen molar-refractivity contribution in [2.45, 2.75) is 43.6 Å². The first-order valence-corrected chi connectivity index (χ1v) is 12.4. The molecule has 0 atom stereocenters. The molecule has 1 N–H and O–H groups in total. The van der Waals surface area contributed by atoms with Gasteiger partial charge in [-0.3, -0.25) is 9.80 Å². The lowest BCUT2D eigenvalue weighted by molar-refractivity contribution is -0.145.